The zero-order valence-corrected chi connectivity index (χ0v) is 22.2. The van der Waals surface area contributed by atoms with Gasteiger partial charge in [-0.05, 0) is 79.6 Å². The summed E-state index contributed by atoms with van der Waals surface area (Å²) in [6.07, 6.45) is 4.21. The molecule has 0 aromatic heterocycles. The third-order valence-corrected chi connectivity index (χ3v) is 7.35. The normalized spacial score (nSPS) is 16.8. The molecule has 198 valence electrons. The highest BCUT2D eigenvalue weighted by Gasteiger charge is 2.36. The van der Waals surface area contributed by atoms with E-state index in [0.29, 0.717) is 18.6 Å². The molecule has 3 aromatic carbocycles. The summed E-state index contributed by atoms with van der Waals surface area (Å²) in [5, 5.41) is 13.1. The van der Waals surface area contributed by atoms with Gasteiger partial charge in [0.2, 0.25) is 0 Å². The summed E-state index contributed by atoms with van der Waals surface area (Å²) in [4.78, 5) is 13.3. The lowest BCUT2D eigenvalue weighted by molar-refractivity contribution is 0.0789. The van der Waals surface area contributed by atoms with Crippen LogP contribution in [0.1, 0.15) is 78.2 Å². The van der Waals surface area contributed by atoms with E-state index in [1.807, 2.05) is 50.2 Å². The summed E-state index contributed by atoms with van der Waals surface area (Å²) in [5.74, 6) is -0.566. The molecule has 1 fully saturated rings. The number of ether oxygens (including phenoxy) is 1. The van der Waals surface area contributed by atoms with Gasteiger partial charge in [0, 0.05) is 11.1 Å². The minimum Gasteiger partial charge on any atom is -0.375 e. The standard InChI is InChI=1S/C32H36FN3O2/c1-23(26-10-12-29(33)13-11-26)36-30(37)27-16-25(17-28(18-27)32(21-34)14-6-7-15-32)20-38-22-31(2,35)19-24-8-4-3-5-9-24/h3-5,8-13,16-18,23H,6-7,14-15,19-20,22,35H2,1-2H3,(H,36,37). The molecule has 1 aliphatic carbocycles. The second kappa shape index (κ2) is 11.9. The van der Waals surface area contributed by atoms with Crippen molar-refractivity contribution in [3.05, 3.63) is 106 Å². The molecule has 2 atom stereocenters. The van der Waals surface area contributed by atoms with Crippen LogP contribution < -0.4 is 11.1 Å². The Balaban J connectivity index is 1.52. The zero-order valence-electron chi connectivity index (χ0n) is 22.2. The molecule has 3 aromatic rings. The lowest BCUT2D eigenvalue weighted by atomic mass is 9.79. The van der Waals surface area contributed by atoms with E-state index < -0.39 is 11.0 Å². The summed E-state index contributed by atoms with van der Waals surface area (Å²) in [6.45, 7) is 4.46. The molecule has 1 aliphatic rings. The van der Waals surface area contributed by atoms with E-state index in [2.05, 4.69) is 23.5 Å². The van der Waals surface area contributed by atoms with Crippen molar-refractivity contribution in [1.29, 1.82) is 5.26 Å². The van der Waals surface area contributed by atoms with Crippen LogP contribution in [0.2, 0.25) is 0 Å². The lowest BCUT2D eigenvalue weighted by Gasteiger charge is -2.25. The maximum atomic E-state index is 13.3. The predicted molar refractivity (Wildman–Crippen MR) is 147 cm³/mol. The number of nitrogens with two attached hydrogens (primary N) is 1. The van der Waals surface area contributed by atoms with Gasteiger partial charge in [0.25, 0.3) is 5.91 Å². The van der Waals surface area contributed by atoms with Crippen molar-refractivity contribution in [2.45, 2.75) is 69.6 Å². The first kappa shape index (κ1) is 27.5. The number of nitrogens with one attached hydrogen (secondary N) is 1. The molecule has 0 bridgehead atoms. The van der Waals surface area contributed by atoms with Crippen LogP contribution in [0, 0.1) is 17.1 Å². The van der Waals surface area contributed by atoms with Crippen LogP contribution in [0.15, 0.2) is 72.8 Å². The van der Waals surface area contributed by atoms with Crippen LogP contribution in [-0.2, 0) is 23.2 Å². The van der Waals surface area contributed by atoms with Gasteiger partial charge in [0.05, 0.1) is 30.7 Å². The fourth-order valence-electron chi connectivity index (χ4n) is 5.26. The van der Waals surface area contributed by atoms with Crippen molar-refractivity contribution in [1.82, 2.24) is 5.32 Å². The van der Waals surface area contributed by atoms with Gasteiger partial charge < -0.3 is 15.8 Å². The van der Waals surface area contributed by atoms with E-state index in [0.717, 1.165) is 47.9 Å². The number of benzene rings is 3. The van der Waals surface area contributed by atoms with Crippen LogP contribution in [0.5, 0.6) is 0 Å². The van der Waals surface area contributed by atoms with Crippen molar-refractivity contribution in [3.63, 3.8) is 0 Å². The van der Waals surface area contributed by atoms with Crippen LogP contribution in [0.4, 0.5) is 4.39 Å². The molecule has 2 unspecified atom stereocenters. The molecule has 5 nitrogen and oxygen atoms in total. The summed E-state index contributed by atoms with van der Waals surface area (Å²) in [6, 6.07) is 24.1. The van der Waals surface area contributed by atoms with Crippen molar-refractivity contribution >= 4 is 5.91 Å². The molecule has 4 rings (SSSR count). The maximum absolute atomic E-state index is 13.3. The van der Waals surface area contributed by atoms with Crippen LogP contribution >= 0.6 is 0 Å². The second-order valence-electron chi connectivity index (χ2n) is 10.9. The van der Waals surface area contributed by atoms with Crippen molar-refractivity contribution in [3.8, 4) is 6.07 Å². The summed E-state index contributed by atoms with van der Waals surface area (Å²) < 4.78 is 19.4. The first-order valence-electron chi connectivity index (χ1n) is 13.2. The average Bonchev–Trinajstić information content (AvgIpc) is 3.40. The molecular weight excluding hydrogens is 477 g/mol. The minimum atomic E-state index is -0.594. The van der Waals surface area contributed by atoms with E-state index in [-0.39, 0.29) is 24.4 Å². The molecule has 6 heteroatoms. The van der Waals surface area contributed by atoms with Gasteiger partial charge >= 0.3 is 0 Å². The Morgan fingerprint density at radius 2 is 1.79 bits per heavy atom. The van der Waals surface area contributed by atoms with Crippen molar-refractivity contribution in [2.24, 2.45) is 5.73 Å². The number of carbonyl (C=O) groups is 1. The van der Waals surface area contributed by atoms with Crippen molar-refractivity contribution < 1.29 is 13.9 Å². The van der Waals surface area contributed by atoms with Crippen molar-refractivity contribution in [2.75, 3.05) is 6.61 Å². The number of amides is 1. The molecular formula is C32H36FN3O2. The number of carbonyl (C=O) groups excluding carboxylic acids is 1. The van der Waals surface area contributed by atoms with Gasteiger partial charge in [-0.1, -0.05) is 61.4 Å². The van der Waals surface area contributed by atoms with E-state index in [9.17, 15) is 14.4 Å². The van der Waals surface area contributed by atoms with E-state index in [1.165, 1.54) is 12.1 Å². The second-order valence-corrected chi connectivity index (χ2v) is 10.9. The molecule has 3 N–H and O–H groups in total. The van der Waals surface area contributed by atoms with Crippen LogP contribution in [0.3, 0.4) is 0 Å². The third kappa shape index (κ3) is 6.86. The zero-order chi connectivity index (χ0) is 27.2. The van der Waals surface area contributed by atoms with Gasteiger partial charge in [0.1, 0.15) is 5.82 Å². The molecule has 0 aliphatic heterocycles. The highest BCUT2D eigenvalue weighted by Crippen LogP contribution is 2.41. The molecule has 1 saturated carbocycles. The molecule has 1 amide bonds. The Bertz CT molecular complexity index is 1280. The van der Waals surface area contributed by atoms with Gasteiger partial charge in [-0.25, -0.2) is 4.39 Å². The topological polar surface area (TPSA) is 88.1 Å². The third-order valence-electron chi connectivity index (χ3n) is 7.35. The quantitative estimate of drug-likeness (QED) is 0.341. The highest BCUT2D eigenvalue weighted by molar-refractivity contribution is 5.95. The van der Waals surface area contributed by atoms with E-state index in [4.69, 9.17) is 10.5 Å². The molecule has 38 heavy (non-hydrogen) atoms. The molecule has 0 radical (unpaired) electrons. The molecule has 0 saturated heterocycles. The Labute approximate surface area is 224 Å². The number of rotatable bonds is 10. The first-order valence-corrected chi connectivity index (χ1v) is 13.2. The molecule has 0 spiro atoms. The fourth-order valence-corrected chi connectivity index (χ4v) is 5.26. The number of hydrogen-bond donors (Lipinski definition) is 2. The lowest BCUT2D eigenvalue weighted by Crippen LogP contribution is -2.43. The Morgan fingerprint density at radius 1 is 1.11 bits per heavy atom. The van der Waals surface area contributed by atoms with E-state index in [1.54, 1.807) is 12.1 Å². The SMILES string of the molecule is CC(NC(=O)c1cc(COCC(C)(N)Cc2ccccc2)cc(C2(C#N)CCCC2)c1)c1ccc(F)cc1. The van der Waals surface area contributed by atoms with Gasteiger partial charge in [-0.15, -0.1) is 0 Å². The highest BCUT2D eigenvalue weighted by atomic mass is 19.1. The Morgan fingerprint density at radius 3 is 2.45 bits per heavy atom. The minimum absolute atomic E-state index is 0.247. The van der Waals surface area contributed by atoms with Gasteiger partial charge in [-0.2, -0.15) is 5.26 Å². The first-order chi connectivity index (χ1) is 18.2. The summed E-state index contributed by atoms with van der Waals surface area (Å²) in [7, 11) is 0. The monoisotopic (exact) mass is 513 g/mol. The number of nitrogens with zero attached hydrogens (tertiary/aromatic N) is 1. The largest absolute Gasteiger partial charge is 0.375 e. The van der Waals surface area contributed by atoms with Crippen LogP contribution in [-0.4, -0.2) is 18.1 Å². The number of nitriles is 1. The number of hydrogen-bond acceptors (Lipinski definition) is 4. The average molecular weight is 514 g/mol. The van der Waals surface area contributed by atoms with Gasteiger partial charge in [0.15, 0.2) is 0 Å². The van der Waals surface area contributed by atoms with E-state index >= 15 is 0 Å². The molecule has 0 heterocycles. The van der Waals surface area contributed by atoms with Crippen LogP contribution in [0.25, 0.3) is 0 Å². The maximum Gasteiger partial charge on any atom is 0.251 e. The Hall–Kier alpha value is -3.53. The smallest absolute Gasteiger partial charge is 0.251 e. The fraction of sp³-hybridized carbons (Fsp3) is 0.375. The Kier molecular flexibility index (Phi) is 8.61. The van der Waals surface area contributed by atoms with Gasteiger partial charge in [-0.3, -0.25) is 4.79 Å². The summed E-state index contributed by atoms with van der Waals surface area (Å²) in [5.41, 5.74) is 9.51. The summed E-state index contributed by atoms with van der Waals surface area (Å²) >= 11 is 0. The number of halogens is 1. The predicted octanol–water partition coefficient (Wildman–Crippen LogP) is 6.13.